The molecule has 1 aliphatic heterocycles. The number of benzene rings is 2. The highest BCUT2D eigenvalue weighted by Gasteiger charge is 2.51. The molecule has 2 aromatic carbocycles. The number of ether oxygens (including phenoxy) is 3. The lowest BCUT2D eigenvalue weighted by Crippen LogP contribution is -2.61. The molecule has 1 saturated heterocycles. The average molecular weight is 566 g/mol. The third kappa shape index (κ3) is 5.26. The number of methoxy groups -OCH3 is 1. The fourth-order valence-electron chi connectivity index (χ4n) is 4.50. The van der Waals surface area contributed by atoms with Crippen molar-refractivity contribution in [3.63, 3.8) is 0 Å². The fraction of sp³-hybridized carbons (Fsp3) is 0.214. The van der Waals surface area contributed by atoms with E-state index in [0.717, 1.165) is 5.56 Å². The number of hydrogen-bond donors (Lipinski definition) is 2. The van der Waals surface area contributed by atoms with Crippen LogP contribution in [0.25, 0.3) is 17.1 Å². The first-order chi connectivity index (χ1) is 19.3. The highest BCUT2D eigenvalue weighted by molar-refractivity contribution is 6.33. The van der Waals surface area contributed by atoms with Gasteiger partial charge in [0.15, 0.2) is 5.82 Å². The molecule has 10 nitrogen and oxygen atoms in total. The van der Waals surface area contributed by atoms with Crippen molar-refractivity contribution in [3.8, 4) is 22.8 Å². The summed E-state index contributed by atoms with van der Waals surface area (Å²) in [5, 5.41) is 7.26. The molecule has 12 heteroatoms. The molecule has 0 radical (unpaired) electrons. The number of pyridine rings is 1. The third-order valence-corrected chi connectivity index (χ3v) is 6.87. The van der Waals surface area contributed by atoms with Crippen molar-refractivity contribution in [3.05, 3.63) is 95.0 Å². The van der Waals surface area contributed by atoms with Crippen LogP contribution in [0.5, 0.6) is 5.75 Å². The van der Waals surface area contributed by atoms with Crippen LogP contribution in [0.1, 0.15) is 15.9 Å². The minimum Gasteiger partial charge on any atom is -0.497 e. The number of nitrogens with zero attached hydrogens (tertiary/aromatic N) is 3. The first-order valence-electron chi connectivity index (χ1n) is 12.3. The maximum Gasteiger partial charge on any atom is 0.280 e. The van der Waals surface area contributed by atoms with Crippen LogP contribution in [-0.4, -0.2) is 58.7 Å². The van der Waals surface area contributed by atoms with Crippen LogP contribution < -0.4 is 15.8 Å². The molecule has 1 unspecified atom stereocenters. The lowest BCUT2D eigenvalue weighted by molar-refractivity contribution is -0.189. The Morgan fingerprint density at radius 1 is 1.15 bits per heavy atom. The first kappa shape index (κ1) is 27.3. The highest BCUT2D eigenvalue weighted by atomic mass is 35.5. The molecule has 206 valence electrons. The summed E-state index contributed by atoms with van der Waals surface area (Å²) in [5.41, 5.74) is 7.43. The maximum atomic E-state index is 14.0. The van der Waals surface area contributed by atoms with Gasteiger partial charge in [0.2, 0.25) is 0 Å². The van der Waals surface area contributed by atoms with Gasteiger partial charge in [-0.25, -0.2) is 14.1 Å². The molecule has 1 aliphatic rings. The number of primary amides is 1. The molecule has 5 rings (SSSR count). The van der Waals surface area contributed by atoms with E-state index >= 15 is 0 Å². The van der Waals surface area contributed by atoms with Crippen LogP contribution >= 0.6 is 11.6 Å². The average Bonchev–Trinajstić information content (AvgIpc) is 3.66. The second-order valence-electron chi connectivity index (χ2n) is 8.93. The van der Waals surface area contributed by atoms with Gasteiger partial charge in [0.25, 0.3) is 17.6 Å². The van der Waals surface area contributed by atoms with Crippen molar-refractivity contribution in [2.75, 3.05) is 20.3 Å². The Morgan fingerprint density at radius 2 is 1.90 bits per heavy atom. The molecule has 4 aromatic rings. The minimum atomic E-state index is -1.87. The summed E-state index contributed by atoms with van der Waals surface area (Å²) in [6, 6.07) is 15.4. The van der Waals surface area contributed by atoms with Gasteiger partial charge in [0.05, 0.1) is 42.6 Å². The number of aromatic nitrogens is 3. The number of amides is 2. The Bertz CT molecular complexity index is 1540. The molecule has 0 aliphatic carbocycles. The zero-order valence-corrected chi connectivity index (χ0v) is 22.1. The van der Waals surface area contributed by atoms with Crippen molar-refractivity contribution in [2.24, 2.45) is 5.73 Å². The molecular formula is C28H25ClFN5O5. The topological polar surface area (TPSA) is 131 Å². The summed E-state index contributed by atoms with van der Waals surface area (Å²) in [4.78, 5) is 30.6. The molecule has 2 aromatic heterocycles. The zero-order valence-electron chi connectivity index (χ0n) is 21.3. The van der Waals surface area contributed by atoms with Gasteiger partial charge in [-0.2, -0.15) is 5.10 Å². The van der Waals surface area contributed by atoms with Gasteiger partial charge in [-0.05, 0) is 48.4 Å². The molecule has 0 bridgehead atoms. The lowest BCUT2D eigenvalue weighted by atomic mass is 9.97. The van der Waals surface area contributed by atoms with Crippen molar-refractivity contribution in [1.82, 2.24) is 20.1 Å². The quantitative estimate of drug-likeness (QED) is 0.318. The van der Waals surface area contributed by atoms with Crippen LogP contribution in [0.15, 0.2) is 73.1 Å². The summed E-state index contributed by atoms with van der Waals surface area (Å²) in [7, 11) is 1.56. The molecule has 0 saturated carbocycles. The predicted molar refractivity (Wildman–Crippen MR) is 144 cm³/mol. The van der Waals surface area contributed by atoms with Crippen LogP contribution in [0.3, 0.4) is 0 Å². The molecule has 1 atom stereocenters. The fourth-order valence-corrected chi connectivity index (χ4v) is 4.72. The van der Waals surface area contributed by atoms with Crippen LogP contribution in [0.2, 0.25) is 5.02 Å². The number of hydrogen-bond acceptors (Lipinski definition) is 7. The summed E-state index contributed by atoms with van der Waals surface area (Å²) >= 11 is 6.13. The number of carbonyl (C=O) groups excluding carboxylic acids is 2. The van der Waals surface area contributed by atoms with Gasteiger partial charge < -0.3 is 25.3 Å². The Labute approximate surface area is 233 Å². The second-order valence-corrected chi connectivity index (χ2v) is 9.31. The normalized spacial score (nSPS) is 15.0. The van der Waals surface area contributed by atoms with Crippen molar-refractivity contribution in [2.45, 2.75) is 18.2 Å². The van der Waals surface area contributed by atoms with Gasteiger partial charge in [0.1, 0.15) is 11.6 Å². The number of carbonyl (C=O) groups is 2. The number of nitrogens with one attached hydrogen (secondary N) is 1. The molecule has 2 amide bonds. The van der Waals surface area contributed by atoms with E-state index in [1.165, 1.54) is 23.0 Å². The van der Waals surface area contributed by atoms with Crippen LogP contribution in [0, 0.1) is 5.82 Å². The minimum absolute atomic E-state index is 0.0681. The van der Waals surface area contributed by atoms with Gasteiger partial charge in [-0.15, -0.1) is 0 Å². The van der Waals surface area contributed by atoms with Gasteiger partial charge in [-0.1, -0.05) is 35.9 Å². The molecule has 0 spiro atoms. The third-order valence-electron chi connectivity index (χ3n) is 6.49. The van der Waals surface area contributed by atoms with E-state index in [0.29, 0.717) is 17.0 Å². The monoisotopic (exact) mass is 565 g/mol. The van der Waals surface area contributed by atoms with Crippen molar-refractivity contribution >= 4 is 23.4 Å². The van der Waals surface area contributed by atoms with Crippen molar-refractivity contribution in [1.29, 1.82) is 0 Å². The Kier molecular flexibility index (Phi) is 7.78. The van der Waals surface area contributed by atoms with Crippen LogP contribution in [0.4, 0.5) is 4.39 Å². The largest absolute Gasteiger partial charge is 0.497 e. The van der Waals surface area contributed by atoms with E-state index in [2.05, 4.69) is 15.4 Å². The molecule has 3 heterocycles. The first-order valence-corrected chi connectivity index (χ1v) is 12.7. The number of nitrogens with two attached hydrogens (primary N) is 1. The molecular weight excluding hydrogens is 541 g/mol. The number of rotatable bonds is 9. The maximum absolute atomic E-state index is 14.0. The van der Waals surface area contributed by atoms with Crippen LogP contribution in [-0.2, 0) is 20.7 Å². The van der Waals surface area contributed by atoms with E-state index in [1.807, 2.05) is 0 Å². The van der Waals surface area contributed by atoms with E-state index < -0.39 is 29.5 Å². The van der Waals surface area contributed by atoms with E-state index in [-0.39, 0.29) is 36.0 Å². The summed E-state index contributed by atoms with van der Waals surface area (Å²) in [5.74, 6) is -3.02. The standard InChI is InChI=1S/C28H25ClFN5O5/c1-38-18-9-7-17(8-10-18)16-23(28(27(31)37)39-14-15-40-28)33-26(36)20-5-3-12-32-25(20)35-13-11-22(34-35)19-4-2-6-21(30)24(19)29/h2-13,23H,14-16H2,1H3,(H2,31,37)(H,33,36). The molecule has 40 heavy (non-hydrogen) atoms. The van der Waals surface area contributed by atoms with E-state index in [1.54, 1.807) is 61.8 Å². The smallest absolute Gasteiger partial charge is 0.280 e. The number of halogens is 2. The zero-order chi connectivity index (χ0) is 28.3. The predicted octanol–water partition coefficient (Wildman–Crippen LogP) is 3.30. The Morgan fingerprint density at radius 3 is 2.60 bits per heavy atom. The summed E-state index contributed by atoms with van der Waals surface area (Å²) < 4.78 is 32.0. The lowest BCUT2D eigenvalue weighted by Gasteiger charge is -2.33. The second kappa shape index (κ2) is 11.4. The SMILES string of the molecule is COc1ccc(CC(NC(=O)c2cccnc2-n2ccc(-c3cccc(F)c3Cl)n2)C2(C(N)=O)OCCO2)cc1. The molecule has 1 fully saturated rings. The Hall–Kier alpha value is -4.32. The highest BCUT2D eigenvalue weighted by Crippen LogP contribution is 2.30. The van der Waals surface area contributed by atoms with E-state index in [9.17, 15) is 14.0 Å². The van der Waals surface area contributed by atoms with Gasteiger partial charge in [-0.3, -0.25) is 9.59 Å². The Balaban J connectivity index is 1.47. The summed E-state index contributed by atoms with van der Waals surface area (Å²) in [6.07, 6.45) is 3.25. The van der Waals surface area contributed by atoms with Gasteiger partial charge >= 0.3 is 0 Å². The van der Waals surface area contributed by atoms with E-state index in [4.69, 9.17) is 31.5 Å². The summed E-state index contributed by atoms with van der Waals surface area (Å²) in [6.45, 7) is 0.267. The van der Waals surface area contributed by atoms with Gasteiger partial charge in [0, 0.05) is 18.0 Å². The van der Waals surface area contributed by atoms with Crippen molar-refractivity contribution < 1.29 is 28.2 Å². The molecule has 3 N–H and O–H groups in total.